The van der Waals surface area contributed by atoms with Crippen molar-refractivity contribution in [2.45, 2.75) is 93.3 Å². The van der Waals surface area contributed by atoms with Crippen LogP contribution in [-0.2, 0) is 6.42 Å². The molecule has 0 heterocycles. The Bertz CT molecular complexity index is 1010. The number of hydrogen-bond acceptors (Lipinski definition) is 0. The molecule has 0 saturated heterocycles. The van der Waals surface area contributed by atoms with Gasteiger partial charge in [0.2, 0.25) is 0 Å². The van der Waals surface area contributed by atoms with Crippen molar-refractivity contribution >= 4 is 26.5 Å². The van der Waals surface area contributed by atoms with E-state index >= 15 is 0 Å². The van der Waals surface area contributed by atoms with E-state index in [-0.39, 0.29) is 7.92 Å². The zero-order valence-corrected chi connectivity index (χ0v) is 22.9. The first-order valence-electron chi connectivity index (χ1n) is 14.1. The lowest BCUT2D eigenvalue weighted by molar-refractivity contribution is 0.480. The normalized spacial score (nSPS) is 23.6. The van der Waals surface area contributed by atoms with Crippen molar-refractivity contribution in [2.24, 2.45) is 0 Å². The maximum atomic E-state index is 2.55. The van der Waals surface area contributed by atoms with Crippen LogP contribution in [-0.4, -0.2) is 17.0 Å². The van der Waals surface area contributed by atoms with Gasteiger partial charge < -0.3 is 0 Å². The van der Waals surface area contributed by atoms with E-state index in [0.717, 1.165) is 22.6 Å². The summed E-state index contributed by atoms with van der Waals surface area (Å²) in [4.78, 5) is 0. The van der Waals surface area contributed by atoms with Gasteiger partial charge in [0.05, 0.1) is 0 Å². The smallest absolute Gasteiger partial charge is 0.0126 e. The van der Waals surface area contributed by atoms with E-state index < -0.39 is 7.92 Å². The van der Waals surface area contributed by atoms with E-state index in [1.54, 1.807) is 21.7 Å². The number of rotatable bonds is 6. The standard InChI is InChI=1S/C33H40P2/c1-5-16-27(17-6-1)34(28-18-7-2-8-19-28)32-25-26-15-13-14-24-31(26)33(32)35(29-20-9-3-10-21-29)30-22-11-4-12-23-30/h1-2,5-8,13-19,24,29-30,32-33H,3-4,9-12,20-23,25H2. The molecule has 2 saturated carbocycles. The lowest BCUT2D eigenvalue weighted by Gasteiger charge is -2.45. The fraction of sp³-hybridized carbons (Fsp3) is 0.455. The van der Waals surface area contributed by atoms with Crippen LogP contribution >= 0.6 is 15.8 Å². The van der Waals surface area contributed by atoms with Crippen LogP contribution in [0.25, 0.3) is 0 Å². The first-order valence-corrected chi connectivity index (χ1v) is 17.1. The van der Waals surface area contributed by atoms with E-state index in [1.165, 1.54) is 70.6 Å². The number of benzene rings is 3. The molecule has 0 aromatic heterocycles. The van der Waals surface area contributed by atoms with Gasteiger partial charge in [0.15, 0.2) is 0 Å². The summed E-state index contributed by atoms with van der Waals surface area (Å²) >= 11 is 0. The van der Waals surface area contributed by atoms with Gasteiger partial charge in [-0.15, -0.1) is 0 Å². The minimum Gasteiger partial charge on any atom is -0.0920 e. The van der Waals surface area contributed by atoms with Crippen molar-refractivity contribution in [1.29, 1.82) is 0 Å². The maximum Gasteiger partial charge on any atom is 0.0126 e. The Hall–Kier alpha value is -1.48. The molecule has 182 valence electrons. The molecule has 3 aromatic carbocycles. The van der Waals surface area contributed by atoms with Gasteiger partial charge in [0.25, 0.3) is 0 Å². The van der Waals surface area contributed by atoms with Gasteiger partial charge in [-0.1, -0.05) is 131 Å². The average Bonchev–Trinajstić information content (AvgIpc) is 3.30. The van der Waals surface area contributed by atoms with Crippen molar-refractivity contribution in [3.63, 3.8) is 0 Å². The summed E-state index contributed by atoms with van der Waals surface area (Å²) < 4.78 is 0. The molecule has 0 aliphatic heterocycles. The maximum absolute atomic E-state index is 2.55. The van der Waals surface area contributed by atoms with Crippen LogP contribution in [0, 0.1) is 0 Å². The van der Waals surface area contributed by atoms with E-state index in [9.17, 15) is 0 Å². The molecule has 0 bridgehead atoms. The van der Waals surface area contributed by atoms with E-state index in [4.69, 9.17) is 0 Å². The van der Waals surface area contributed by atoms with Crippen LogP contribution in [0.1, 0.15) is 81.0 Å². The minimum atomic E-state index is -0.396. The van der Waals surface area contributed by atoms with Gasteiger partial charge in [-0.05, 0) is 73.1 Å². The molecule has 0 radical (unpaired) electrons. The van der Waals surface area contributed by atoms with Crippen LogP contribution in [0.15, 0.2) is 84.9 Å². The molecule has 2 heteroatoms. The summed E-state index contributed by atoms with van der Waals surface area (Å²) in [7, 11) is -0.417. The molecule has 3 aliphatic carbocycles. The highest BCUT2D eigenvalue weighted by atomic mass is 31.1. The Balaban J connectivity index is 1.48. The number of hydrogen-bond donors (Lipinski definition) is 0. The van der Waals surface area contributed by atoms with Gasteiger partial charge in [-0.25, -0.2) is 0 Å². The summed E-state index contributed by atoms with van der Waals surface area (Å²) in [5, 5.41) is 3.16. The lowest BCUT2D eigenvalue weighted by Crippen LogP contribution is -2.30. The highest BCUT2D eigenvalue weighted by Gasteiger charge is 2.47. The summed E-state index contributed by atoms with van der Waals surface area (Å²) in [5.41, 5.74) is 6.91. The van der Waals surface area contributed by atoms with Crippen LogP contribution < -0.4 is 10.6 Å². The monoisotopic (exact) mass is 498 g/mol. The van der Waals surface area contributed by atoms with E-state index in [0.29, 0.717) is 0 Å². The second-order valence-corrected chi connectivity index (χ2v) is 16.3. The Morgan fingerprint density at radius 1 is 0.514 bits per heavy atom. The Kier molecular flexibility index (Phi) is 7.70. The van der Waals surface area contributed by atoms with Crippen LogP contribution in [0.2, 0.25) is 0 Å². The molecule has 0 amide bonds. The Labute approximate surface area is 215 Å². The van der Waals surface area contributed by atoms with Crippen molar-refractivity contribution in [3.8, 4) is 0 Å². The second-order valence-electron chi connectivity index (χ2n) is 11.0. The van der Waals surface area contributed by atoms with Crippen molar-refractivity contribution in [1.82, 2.24) is 0 Å². The fourth-order valence-electron chi connectivity index (χ4n) is 7.36. The quantitative estimate of drug-likeness (QED) is 0.298. The molecule has 0 spiro atoms. The van der Waals surface area contributed by atoms with E-state index in [2.05, 4.69) is 84.9 Å². The topological polar surface area (TPSA) is 0 Å². The second kappa shape index (κ2) is 11.3. The summed E-state index contributed by atoms with van der Waals surface area (Å²) in [6, 6.07) is 32.9. The zero-order chi connectivity index (χ0) is 23.5. The minimum absolute atomic E-state index is 0.0210. The van der Waals surface area contributed by atoms with Crippen LogP contribution in [0.4, 0.5) is 0 Å². The SMILES string of the molecule is c1ccc(P(c2ccccc2)C2Cc3ccccc3C2P(C2CCCCC2)C2CCCCC2)cc1. The highest BCUT2D eigenvalue weighted by Crippen LogP contribution is 2.71. The Morgan fingerprint density at radius 3 is 1.54 bits per heavy atom. The highest BCUT2D eigenvalue weighted by molar-refractivity contribution is 7.74. The molecule has 2 unspecified atom stereocenters. The van der Waals surface area contributed by atoms with Gasteiger partial charge in [-0.3, -0.25) is 0 Å². The van der Waals surface area contributed by atoms with Gasteiger partial charge in [-0.2, -0.15) is 0 Å². The van der Waals surface area contributed by atoms with Crippen LogP contribution in [0.3, 0.4) is 0 Å². The molecule has 2 fully saturated rings. The zero-order valence-electron chi connectivity index (χ0n) is 21.1. The fourth-order valence-corrected chi connectivity index (χ4v) is 15.6. The van der Waals surface area contributed by atoms with E-state index in [1.807, 2.05) is 0 Å². The van der Waals surface area contributed by atoms with Gasteiger partial charge >= 0.3 is 0 Å². The summed E-state index contributed by atoms with van der Waals surface area (Å²) in [6.45, 7) is 0. The lowest BCUT2D eigenvalue weighted by atomic mass is 9.99. The van der Waals surface area contributed by atoms with Crippen LogP contribution in [0.5, 0.6) is 0 Å². The van der Waals surface area contributed by atoms with Crippen molar-refractivity contribution < 1.29 is 0 Å². The van der Waals surface area contributed by atoms with Gasteiger partial charge in [0.1, 0.15) is 0 Å². The molecule has 3 aromatic rings. The largest absolute Gasteiger partial charge is 0.0920 e. The molecule has 2 atom stereocenters. The summed E-state index contributed by atoms with van der Waals surface area (Å²) in [5.74, 6) is 0. The molecular formula is C33H40P2. The molecule has 0 nitrogen and oxygen atoms in total. The predicted octanol–water partition coefficient (Wildman–Crippen LogP) is 8.93. The first-order chi connectivity index (χ1) is 17.4. The third-order valence-corrected chi connectivity index (χ3v) is 16.0. The van der Waals surface area contributed by atoms with Gasteiger partial charge in [0, 0.05) is 11.3 Å². The average molecular weight is 499 g/mol. The predicted molar refractivity (Wildman–Crippen MR) is 156 cm³/mol. The number of fused-ring (bicyclic) bond motifs is 1. The molecule has 6 rings (SSSR count). The van der Waals surface area contributed by atoms with Crippen molar-refractivity contribution in [2.75, 3.05) is 0 Å². The third-order valence-electron chi connectivity index (χ3n) is 8.88. The molecule has 35 heavy (non-hydrogen) atoms. The van der Waals surface area contributed by atoms with Crippen molar-refractivity contribution in [3.05, 3.63) is 96.1 Å². The third kappa shape index (κ3) is 5.04. The molecule has 3 aliphatic rings. The first kappa shape index (κ1) is 23.9. The molecule has 0 N–H and O–H groups in total. The summed E-state index contributed by atoms with van der Waals surface area (Å²) in [6.07, 6.45) is 16.1. The molecular weight excluding hydrogens is 458 g/mol. The Morgan fingerprint density at radius 2 is 1.00 bits per heavy atom.